The number of amides is 2. The molecule has 1 aromatic rings. The van der Waals surface area contributed by atoms with Crippen molar-refractivity contribution in [3.8, 4) is 0 Å². The van der Waals surface area contributed by atoms with Gasteiger partial charge in [-0.3, -0.25) is 9.59 Å². The minimum atomic E-state index is -0.501. The average molecular weight is 322 g/mol. The number of carbonyl (C=O) groups is 2. The Morgan fingerprint density at radius 3 is 2.32 bits per heavy atom. The quantitative estimate of drug-likeness (QED) is 0.724. The van der Waals surface area contributed by atoms with Crippen molar-refractivity contribution in [1.29, 1.82) is 0 Å². The lowest BCUT2D eigenvalue weighted by Crippen LogP contribution is -2.47. The summed E-state index contributed by atoms with van der Waals surface area (Å²) in [7, 11) is 0. The van der Waals surface area contributed by atoms with Crippen molar-refractivity contribution in [2.24, 2.45) is 0 Å². The zero-order valence-corrected chi connectivity index (χ0v) is 14.6. The normalized spacial score (nSPS) is 12.0. The third kappa shape index (κ3) is 6.52. The Morgan fingerprint density at radius 2 is 1.82 bits per heavy atom. The topological polar surface area (TPSA) is 58.2 Å². The zero-order chi connectivity index (χ0) is 16.5. The standard InChI is InChI=1S/C17H26N2O2S/c1-5-10-18-17(21)16(19-13(4)20)11-22-15-8-6-14(7-9-15)12(2)3/h6-9,12,16H,5,10-11H2,1-4H3,(H,18,21)(H,19,20). The second-order valence-corrected chi connectivity index (χ2v) is 6.67. The first-order valence-corrected chi connectivity index (χ1v) is 8.70. The third-order valence-corrected chi connectivity index (χ3v) is 4.31. The van der Waals surface area contributed by atoms with Crippen LogP contribution < -0.4 is 10.6 Å². The lowest BCUT2D eigenvalue weighted by atomic mass is 10.0. The summed E-state index contributed by atoms with van der Waals surface area (Å²) < 4.78 is 0. The number of rotatable bonds is 8. The predicted octanol–water partition coefficient (Wildman–Crippen LogP) is 2.93. The molecule has 1 rings (SSSR count). The molecule has 4 nitrogen and oxygen atoms in total. The molecule has 0 aliphatic carbocycles. The van der Waals surface area contributed by atoms with Gasteiger partial charge in [0.15, 0.2) is 0 Å². The van der Waals surface area contributed by atoms with Gasteiger partial charge in [0, 0.05) is 24.1 Å². The largest absolute Gasteiger partial charge is 0.354 e. The first-order valence-electron chi connectivity index (χ1n) is 7.71. The van der Waals surface area contributed by atoms with Gasteiger partial charge in [-0.15, -0.1) is 11.8 Å². The van der Waals surface area contributed by atoms with Crippen LogP contribution in [0.25, 0.3) is 0 Å². The second-order valence-electron chi connectivity index (χ2n) is 5.58. The molecule has 22 heavy (non-hydrogen) atoms. The molecular weight excluding hydrogens is 296 g/mol. The van der Waals surface area contributed by atoms with E-state index >= 15 is 0 Å². The van der Waals surface area contributed by atoms with Crippen LogP contribution in [0.5, 0.6) is 0 Å². The summed E-state index contributed by atoms with van der Waals surface area (Å²) in [5.41, 5.74) is 1.29. The molecule has 1 atom stereocenters. The highest BCUT2D eigenvalue weighted by molar-refractivity contribution is 7.99. The summed E-state index contributed by atoms with van der Waals surface area (Å²) in [6.07, 6.45) is 0.877. The van der Waals surface area contributed by atoms with E-state index in [2.05, 4.69) is 48.7 Å². The van der Waals surface area contributed by atoms with Gasteiger partial charge in [-0.05, 0) is 30.0 Å². The zero-order valence-electron chi connectivity index (χ0n) is 13.8. The molecule has 0 aromatic heterocycles. The van der Waals surface area contributed by atoms with E-state index in [1.165, 1.54) is 12.5 Å². The van der Waals surface area contributed by atoms with Crippen LogP contribution in [-0.2, 0) is 9.59 Å². The molecule has 0 heterocycles. The Balaban J connectivity index is 2.61. The molecule has 1 unspecified atom stereocenters. The molecule has 0 aliphatic rings. The Labute approximate surface area is 137 Å². The molecule has 0 aliphatic heterocycles. The molecule has 2 amide bonds. The molecule has 2 N–H and O–H groups in total. The van der Waals surface area contributed by atoms with Gasteiger partial charge in [-0.25, -0.2) is 0 Å². The average Bonchev–Trinajstić information content (AvgIpc) is 2.49. The summed E-state index contributed by atoms with van der Waals surface area (Å²) >= 11 is 1.58. The highest BCUT2D eigenvalue weighted by atomic mass is 32.2. The van der Waals surface area contributed by atoms with Crippen molar-refractivity contribution in [2.45, 2.75) is 51.0 Å². The molecule has 5 heteroatoms. The van der Waals surface area contributed by atoms with Crippen LogP contribution >= 0.6 is 11.8 Å². The van der Waals surface area contributed by atoms with Gasteiger partial charge in [-0.1, -0.05) is 32.9 Å². The number of hydrogen-bond donors (Lipinski definition) is 2. The Kier molecular flexibility index (Phi) is 8.02. The van der Waals surface area contributed by atoms with Crippen LogP contribution in [0.4, 0.5) is 0 Å². The summed E-state index contributed by atoms with van der Waals surface area (Å²) in [4.78, 5) is 24.4. The van der Waals surface area contributed by atoms with Gasteiger partial charge in [0.25, 0.3) is 0 Å². The van der Waals surface area contributed by atoms with Crippen molar-refractivity contribution < 1.29 is 9.59 Å². The van der Waals surface area contributed by atoms with Crippen molar-refractivity contribution >= 4 is 23.6 Å². The predicted molar refractivity (Wildman–Crippen MR) is 92.2 cm³/mol. The highest BCUT2D eigenvalue weighted by Crippen LogP contribution is 2.22. The van der Waals surface area contributed by atoms with Crippen LogP contribution in [-0.4, -0.2) is 30.2 Å². The van der Waals surface area contributed by atoms with Crippen LogP contribution in [0.15, 0.2) is 29.2 Å². The minimum absolute atomic E-state index is 0.122. The second kappa shape index (κ2) is 9.51. The van der Waals surface area contributed by atoms with Crippen molar-refractivity contribution in [2.75, 3.05) is 12.3 Å². The maximum atomic E-state index is 12.1. The maximum Gasteiger partial charge on any atom is 0.243 e. The summed E-state index contributed by atoms with van der Waals surface area (Å²) in [5, 5.41) is 5.55. The summed E-state index contributed by atoms with van der Waals surface area (Å²) in [6.45, 7) is 8.38. The van der Waals surface area contributed by atoms with Gasteiger partial charge < -0.3 is 10.6 Å². The maximum absolute atomic E-state index is 12.1. The molecule has 1 aromatic carbocycles. The molecule has 0 bridgehead atoms. The number of carbonyl (C=O) groups excluding carboxylic acids is 2. The van der Waals surface area contributed by atoms with E-state index in [0.717, 1.165) is 11.3 Å². The minimum Gasteiger partial charge on any atom is -0.354 e. The van der Waals surface area contributed by atoms with Crippen molar-refractivity contribution in [3.05, 3.63) is 29.8 Å². The molecule has 0 saturated heterocycles. The van der Waals surface area contributed by atoms with Crippen LogP contribution in [0.3, 0.4) is 0 Å². The van der Waals surface area contributed by atoms with E-state index in [4.69, 9.17) is 0 Å². The molecule has 0 spiro atoms. The third-order valence-electron chi connectivity index (χ3n) is 3.21. The van der Waals surface area contributed by atoms with Gasteiger partial charge in [0.2, 0.25) is 11.8 Å². The molecule has 122 valence electrons. The number of benzene rings is 1. The molecule has 0 fully saturated rings. The fourth-order valence-electron chi connectivity index (χ4n) is 1.93. The van der Waals surface area contributed by atoms with Gasteiger partial charge in [0.05, 0.1) is 0 Å². The van der Waals surface area contributed by atoms with E-state index in [1.807, 2.05) is 6.92 Å². The first-order chi connectivity index (χ1) is 10.4. The lowest BCUT2D eigenvalue weighted by Gasteiger charge is -2.17. The number of thioether (sulfide) groups is 1. The fraction of sp³-hybridized carbons (Fsp3) is 0.529. The molecule has 0 saturated carbocycles. The SMILES string of the molecule is CCCNC(=O)C(CSc1ccc(C(C)C)cc1)NC(C)=O. The van der Waals surface area contributed by atoms with E-state index in [1.54, 1.807) is 11.8 Å². The Morgan fingerprint density at radius 1 is 1.18 bits per heavy atom. The summed E-state index contributed by atoms with van der Waals surface area (Å²) in [5.74, 6) is 0.720. The smallest absolute Gasteiger partial charge is 0.243 e. The Bertz CT molecular complexity index is 486. The van der Waals surface area contributed by atoms with E-state index in [9.17, 15) is 9.59 Å². The Hall–Kier alpha value is -1.49. The van der Waals surface area contributed by atoms with Crippen LogP contribution in [0.1, 0.15) is 45.6 Å². The van der Waals surface area contributed by atoms with Gasteiger partial charge in [-0.2, -0.15) is 0 Å². The van der Waals surface area contributed by atoms with Crippen LogP contribution in [0, 0.1) is 0 Å². The van der Waals surface area contributed by atoms with E-state index in [-0.39, 0.29) is 11.8 Å². The first kappa shape index (κ1) is 18.6. The van der Waals surface area contributed by atoms with Gasteiger partial charge >= 0.3 is 0 Å². The highest BCUT2D eigenvalue weighted by Gasteiger charge is 2.19. The van der Waals surface area contributed by atoms with Crippen molar-refractivity contribution in [3.63, 3.8) is 0 Å². The van der Waals surface area contributed by atoms with E-state index < -0.39 is 6.04 Å². The molecule has 0 radical (unpaired) electrons. The fourth-order valence-corrected chi connectivity index (χ4v) is 2.85. The number of nitrogens with one attached hydrogen (secondary N) is 2. The molecular formula is C17H26N2O2S. The van der Waals surface area contributed by atoms with Crippen molar-refractivity contribution in [1.82, 2.24) is 10.6 Å². The van der Waals surface area contributed by atoms with Gasteiger partial charge in [0.1, 0.15) is 6.04 Å². The summed E-state index contributed by atoms with van der Waals surface area (Å²) in [6, 6.07) is 7.84. The monoisotopic (exact) mass is 322 g/mol. The van der Waals surface area contributed by atoms with Crippen LogP contribution in [0.2, 0.25) is 0 Å². The lowest BCUT2D eigenvalue weighted by molar-refractivity contribution is -0.127. The van der Waals surface area contributed by atoms with E-state index in [0.29, 0.717) is 18.2 Å². The number of hydrogen-bond acceptors (Lipinski definition) is 3.